The summed E-state index contributed by atoms with van der Waals surface area (Å²) in [6.07, 6.45) is 0. The third-order valence-corrected chi connectivity index (χ3v) is 3.25. The molecule has 1 fully saturated rings. The van der Waals surface area contributed by atoms with Gasteiger partial charge in [0.25, 0.3) is 0 Å². The predicted octanol–water partition coefficient (Wildman–Crippen LogP) is 1.71. The first-order chi connectivity index (χ1) is 8.99. The molecule has 0 unspecified atom stereocenters. The Bertz CT molecular complexity index is 535. The summed E-state index contributed by atoms with van der Waals surface area (Å²) in [6.45, 7) is 7.27. The molecule has 0 spiro atoms. The van der Waals surface area contributed by atoms with Crippen molar-refractivity contribution in [3.8, 4) is 0 Å². The zero-order chi connectivity index (χ0) is 15.5. The molecule has 0 atom stereocenters. The number of nitrogen functional groups attached to an aromatic ring is 1. The first kappa shape index (κ1) is 8.94. The van der Waals surface area contributed by atoms with Crippen molar-refractivity contribution in [1.82, 2.24) is 0 Å². The molecule has 0 aliphatic carbocycles. The SMILES string of the molecule is [2H]c1c(N)c([2H])c(B2OC(C)(C)C(C)(C)O2)c([2H])c1F. The molecule has 0 saturated carbocycles. The van der Waals surface area contributed by atoms with Gasteiger partial charge in [0.1, 0.15) is 5.82 Å². The maximum Gasteiger partial charge on any atom is 0.495 e. The highest BCUT2D eigenvalue weighted by Crippen LogP contribution is 2.36. The average Bonchev–Trinajstić information content (AvgIpc) is 2.53. The van der Waals surface area contributed by atoms with Gasteiger partial charge in [0.05, 0.1) is 15.3 Å². The van der Waals surface area contributed by atoms with Crippen LogP contribution >= 0.6 is 0 Å². The molecule has 1 heterocycles. The molecule has 1 aromatic carbocycles. The summed E-state index contributed by atoms with van der Waals surface area (Å²) in [5.74, 6) is -1.07. The van der Waals surface area contributed by atoms with Gasteiger partial charge in [-0.15, -0.1) is 0 Å². The lowest BCUT2D eigenvalue weighted by Crippen LogP contribution is -2.41. The van der Waals surface area contributed by atoms with Crippen molar-refractivity contribution in [3.63, 3.8) is 0 Å². The molecule has 2 rings (SSSR count). The fourth-order valence-electron chi connectivity index (χ4n) is 1.55. The number of anilines is 1. The molecule has 0 aromatic heterocycles. The summed E-state index contributed by atoms with van der Waals surface area (Å²) < 4.78 is 48.4. The molecule has 1 aliphatic rings. The smallest absolute Gasteiger partial charge is 0.399 e. The number of hydrogen-bond donors (Lipinski definition) is 1. The van der Waals surface area contributed by atoms with Gasteiger partial charge in [-0.25, -0.2) is 4.39 Å². The first-order valence-corrected chi connectivity index (χ1v) is 5.40. The van der Waals surface area contributed by atoms with Crippen LogP contribution in [0.5, 0.6) is 0 Å². The first-order valence-electron chi connectivity index (χ1n) is 6.90. The lowest BCUT2D eigenvalue weighted by molar-refractivity contribution is 0.00578. The van der Waals surface area contributed by atoms with Gasteiger partial charge in [-0.05, 0) is 51.3 Å². The molecular weight excluding hydrogens is 220 g/mol. The highest BCUT2D eigenvalue weighted by Gasteiger charge is 2.51. The van der Waals surface area contributed by atoms with E-state index in [1.807, 2.05) is 27.7 Å². The van der Waals surface area contributed by atoms with Crippen LogP contribution in [0.4, 0.5) is 10.1 Å². The maximum absolute atomic E-state index is 13.8. The van der Waals surface area contributed by atoms with Crippen LogP contribution in [0.1, 0.15) is 31.8 Å². The fraction of sp³-hybridized carbons (Fsp3) is 0.500. The average molecular weight is 240 g/mol. The van der Waals surface area contributed by atoms with Crippen LogP contribution < -0.4 is 11.2 Å². The van der Waals surface area contributed by atoms with Crippen LogP contribution in [0.25, 0.3) is 0 Å². The second kappa shape index (κ2) is 3.72. The number of rotatable bonds is 1. The normalized spacial score (nSPS) is 24.3. The van der Waals surface area contributed by atoms with Gasteiger partial charge in [-0.1, -0.05) is 0 Å². The standard InChI is InChI=1S/C12H17BFNO2/c1-11(2)12(3,4)17-13(16-11)8-5-9(14)7-10(15)6-8/h5-7H,15H2,1-4H3/i5D,6D,7D. The van der Waals surface area contributed by atoms with Crippen LogP contribution in [-0.4, -0.2) is 18.3 Å². The second-order valence-corrected chi connectivity index (χ2v) is 5.10. The minimum Gasteiger partial charge on any atom is -0.399 e. The largest absolute Gasteiger partial charge is 0.495 e. The van der Waals surface area contributed by atoms with Crippen molar-refractivity contribution in [3.05, 3.63) is 23.9 Å². The Kier molecular flexibility index (Phi) is 1.96. The summed E-state index contributed by atoms with van der Waals surface area (Å²) in [5, 5.41) is 0. The lowest BCUT2D eigenvalue weighted by Gasteiger charge is -2.32. The predicted molar refractivity (Wildman–Crippen MR) is 66.5 cm³/mol. The molecule has 3 nitrogen and oxygen atoms in total. The van der Waals surface area contributed by atoms with E-state index in [1.54, 1.807) is 0 Å². The van der Waals surface area contributed by atoms with Crippen LogP contribution in [0.3, 0.4) is 0 Å². The summed E-state index contributed by atoms with van der Waals surface area (Å²) in [5.41, 5.74) is 3.82. The van der Waals surface area contributed by atoms with Crippen molar-refractivity contribution in [2.75, 3.05) is 5.73 Å². The third kappa shape index (κ3) is 2.17. The van der Waals surface area contributed by atoms with Crippen LogP contribution in [-0.2, 0) is 9.31 Å². The molecule has 17 heavy (non-hydrogen) atoms. The van der Waals surface area contributed by atoms with Crippen molar-refractivity contribution in [2.45, 2.75) is 38.9 Å². The van der Waals surface area contributed by atoms with Gasteiger partial charge < -0.3 is 15.0 Å². The molecule has 5 heteroatoms. The Hall–Kier alpha value is -1.07. The molecule has 0 radical (unpaired) electrons. The van der Waals surface area contributed by atoms with E-state index >= 15 is 0 Å². The van der Waals surface area contributed by atoms with Crippen LogP contribution in [0.2, 0.25) is 0 Å². The van der Waals surface area contributed by atoms with E-state index in [1.165, 1.54) is 0 Å². The maximum atomic E-state index is 13.8. The minimum absolute atomic E-state index is 0.0744. The number of halogens is 1. The highest BCUT2D eigenvalue weighted by atomic mass is 19.1. The van der Waals surface area contributed by atoms with E-state index in [0.29, 0.717) is 0 Å². The molecular formula is C12H17BFNO2. The monoisotopic (exact) mass is 240 g/mol. The highest BCUT2D eigenvalue weighted by molar-refractivity contribution is 6.62. The van der Waals surface area contributed by atoms with Gasteiger partial charge in [0.15, 0.2) is 0 Å². The molecule has 0 bridgehead atoms. The molecule has 0 amide bonds. The van der Waals surface area contributed by atoms with Gasteiger partial charge in [0, 0.05) is 5.69 Å². The molecule has 92 valence electrons. The lowest BCUT2D eigenvalue weighted by atomic mass is 9.79. The van der Waals surface area contributed by atoms with Gasteiger partial charge in [-0.3, -0.25) is 0 Å². The van der Waals surface area contributed by atoms with Crippen LogP contribution in [0, 0.1) is 5.82 Å². The van der Waals surface area contributed by atoms with Crippen molar-refractivity contribution >= 4 is 18.3 Å². The Morgan fingerprint density at radius 2 is 1.71 bits per heavy atom. The summed E-state index contributed by atoms with van der Waals surface area (Å²) in [4.78, 5) is 0. The molecule has 1 aromatic rings. The van der Waals surface area contributed by atoms with E-state index < -0.39 is 36.2 Å². The van der Waals surface area contributed by atoms with Gasteiger partial charge in [0.2, 0.25) is 0 Å². The summed E-state index contributed by atoms with van der Waals surface area (Å²) >= 11 is 0. The topological polar surface area (TPSA) is 44.5 Å². The minimum atomic E-state index is -1.07. The quantitative estimate of drug-likeness (QED) is 0.600. The van der Waals surface area contributed by atoms with Crippen LogP contribution in [0.15, 0.2) is 18.1 Å². The van der Waals surface area contributed by atoms with Crippen molar-refractivity contribution < 1.29 is 17.8 Å². The van der Waals surface area contributed by atoms with E-state index in [-0.39, 0.29) is 17.2 Å². The Labute approximate surface area is 105 Å². The number of benzene rings is 1. The van der Waals surface area contributed by atoms with E-state index in [2.05, 4.69) is 0 Å². The molecule has 1 saturated heterocycles. The third-order valence-electron chi connectivity index (χ3n) is 3.25. The second-order valence-electron chi connectivity index (χ2n) is 5.10. The number of hydrogen-bond acceptors (Lipinski definition) is 3. The zero-order valence-electron chi connectivity index (χ0n) is 13.3. The zero-order valence-corrected chi connectivity index (χ0v) is 10.3. The Morgan fingerprint density at radius 1 is 1.18 bits per heavy atom. The molecule has 2 N–H and O–H groups in total. The number of nitrogens with two attached hydrogens (primary N) is 1. The van der Waals surface area contributed by atoms with E-state index in [0.717, 1.165) is 0 Å². The van der Waals surface area contributed by atoms with Gasteiger partial charge >= 0.3 is 7.12 Å². The van der Waals surface area contributed by atoms with E-state index in [9.17, 15) is 4.39 Å². The fourth-order valence-corrected chi connectivity index (χ4v) is 1.55. The van der Waals surface area contributed by atoms with Gasteiger partial charge in [-0.2, -0.15) is 0 Å². The Morgan fingerprint density at radius 3 is 2.24 bits per heavy atom. The summed E-state index contributed by atoms with van der Waals surface area (Å²) in [6, 6.07) is -1.51. The van der Waals surface area contributed by atoms with Crippen molar-refractivity contribution in [1.29, 1.82) is 0 Å². The molecule has 1 aliphatic heterocycles. The summed E-state index contributed by atoms with van der Waals surface area (Å²) in [7, 11) is -1.04. The van der Waals surface area contributed by atoms with E-state index in [4.69, 9.17) is 19.2 Å². The van der Waals surface area contributed by atoms with Crippen molar-refractivity contribution in [2.24, 2.45) is 0 Å². The Balaban J connectivity index is 2.57.